The van der Waals surface area contributed by atoms with Crippen LogP contribution in [-0.4, -0.2) is 40.5 Å². The van der Waals surface area contributed by atoms with Crippen molar-refractivity contribution in [1.82, 2.24) is 14.9 Å². The van der Waals surface area contributed by atoms with Crippen molar-refractivity contribution < 1.29 is 0 Å². The average Bonchev–Trinajstić information content (AvgIpc) is 2.47. The summed E-state index contributed by atoms with van der Waals surface area (Å²) in [5.74, 6) is 0.974. The topological polar surface area (TPSA) is 41.0 Å². The Kier molecular flexibility index (Phi) is 5.20. The molecule has 0 saturated heterocycles. The summed E-state index contributed by atoms with van der Waals surface area (Å²) in [5.41, 5.74) is 1.17. The molecule has 4 heteroatoms. The Morgan fingerprint density at radius 3 is 2.43 bits per heavy atom. The van der Waals surface area contributed by atoms with Crippen molar-refractivity contribution in [2.45, 2.75) is 70.9 Å². The third kappa shape index (κ3) is 4.40. The van der Waals surface area contributed by atoms with Crippen LogP contribution < -0.4 is 5.32 Å². The maximum Gasteiger partial charge on any atom is 0.129 e. The second-order valence-electron chi connectivity index (χ2n) is 7.26. The van der Waals surface area contributed by atoms with Gasteiger partial charge in [0, 0.05) is 23.6 Å². The molecule has 1 saturated carbocycles. The minimum Gasteiger partial charge on any atom is -0.367 e. The summed E-state index contributed by atoms with van der Waals surface area (Å²) in [5, 5.41) is 3.60. The second-order valence-corrected chi connectivity index (χ2v) is 7.26. The van der Waals surface area contributed by atoms with Crippen molar-refractivity contribution >= 4 is 5.82 Å². The lowest BCUT2D eigenvalue weighted by Gasteiger charge is -2.34. The Morgan fingerprint density at radius 2 is 1.86 bits per heavy atom. The standard InChI is InChI=1S/C17H30N4/c1-6-21(5)14-9-7-13(8-10-14)20-16-11-15(17(2,3)4)18-12-19-16/h11-14H,6-10H2,1-5H3,(H,18,19,20)/t13-,14+. The van der Waals surface area contributed by atoms with Crippen LogP contribution in [0.2, 0.25) is 0 Å². The molecule has 1 N–H and O–H groups in total. The van der Waals surface area contributed by atoms with Gasteiger partial charge in [0.1, 0.15) is 12.1 Å². The van der Waals surface area contributed by atoms with E-state index in [0.29, 0.717) is 6.04 Å². The summed E-state index contributed by atoms with van der Waals surface area (Å²) in [6.45, 7) is 9.93. The molecule has 0 bridgehead atoms. The van der Waals surface area contributed by atoms with Gasteiger partial charge >= 0.3 is 0 Å². The highest BCUT2D eigenvalue weighted by Crippen LogP contribution is 2.26. The lowest BCUT2D eigenvalue weighted by atomic mass is 9.90. The number of nitrogens with zero attached hydrogens (tertiary/aromatic N) is 3. The van der Waals surface area contributed by atoms with Crippen LogP contribution in [0.25, 0.3) is 0 Å². The average molecular weight is 290 g/mol. The summed E-state index contributed by atoms with van der Waals surface area (Å²) in [6, 6.07) is 3.40. The van der Waals surface area contributed by atoms with Gasteiger partial charge in [-0.3, -0.25) is 0 Å². The van der Waals surface area contributed by atoms with E-state index in [1.165, 1.54) is 25.7 Å². The van der Waals surface area contributed by atoms with E-state index >= 15 is 0 Å². The summed E-state index contributed by atoms with van der Waals surface area (Å²) < 4.78 is 0. The van der Waals surface area contributed by atoms with Gasteiger partial charge in [0.15, 0.2) is 0 Å². The smallest absolute Gasteiger partial charge is 0.129 e. The SMILES string of the molecule is CCN(C)[C@H]1CC[C@@H](Nc2cc(C(C)(C)C)ncn2)CC1. The van der Waals surface area contributed by atoms with Crippen LogP contribution in [0, 0.1) is 0 Å². The minimum atomic E-state index is 0.0703. The number of rotatable bonds is 4. The quantitative estimate of drug-likeness (QED) is 0.922. The Balaban J connectivity index is 1.92. The fourth-order valence-electron chi connectivity index (χ4n) is 2.97. The molecule has 1 heterocycles. The summed E-state index contributed by atoms with van der Waals surface area (Å²) in [7, 11) is 2.23. The third-order valence-electron chi connectivity index (χ3n) is 4.61. The Morgan fingerprint density at radius 1 is 1.19 bits per heavy atom. The van der Waals surface area contributed by atoms with Crippen molar-refractivity contribution in [2.75, 3.05) is 18.9 Å². The molecule has 2 rings (SSSR count). The maximum absolute atomic E-state index is 4.39. The number of nitrogens with one attached hydrogen (secondary N) is 1. The highest BCUT2D eigenvalue weighted by atomic mass is 15.1. The van der Waals surface area contributed by atoms with Gasteiger partial charge in [-0.05, 0) is 39.3 Å². The van der Waals surface area contributed by atoms with Gasteiger partial charge in [-0.2, -0.15) is 0 Å². The Bertz CT molecular complexity index is 444. The fourth-order valence-corrected chi connectivity index (χ4v) is 2.97. The third-order valence-corrected chi connectivity index (χ3v) is 4.61. The van der Waals surface area contributed by atoms with Gasteiger partial charge in [-0.1, -0.05) is 27.7 Å². The largest absolute Gasteiger partial charge is 0.367 e. The molecule has 1 fully saturated rings. The Labute approximate surface area is 129 Å². The minimum absolute atomic E-state index is 0.0703. The van der Waals surface area contributed by atoms with Crippen molar-refractivity contribution in [3.63, 3.8) is 0 Å². The van der Waals surface area contributed by atoms with E-state index in [-0.39, 0.29) is 5.41 Å². The van der Waals surface area contributed by atoms with Gasteiger partial charge in [-0.15, -0.1) is 0 Å². The molecule has 0 amide bonds. The van der Waals surface area contributed by atoms with Gasteiger partial charge < -0.3 is 10.2 Å². The highest BCUT2D eigenvalue weighted by molar-refractivity contribution is 5.37. The normalized spacial score (nSPS) is 23.3. The van der Waals surface area contributed by atoms with E-state index < -0.39 is 0 Å². The lowest BCUT2D eigenvalue weighted by molar-refractivity contribution is 0.194. The lowest BCUT2D eigenvalue weighted by Crippen LogP contribution is -2.38. The first-order chi connectivity index (χ1) is 9.90. The number of hydrogen-bond donors (Lipinski definition) is 1. The van der Waals surface area contributed by atoms with Gasteiger partial charge in [-0.25, -0.2) is 9.97 Å². The molecule has 0 atom stereocenters. The molecule has 0 aromatic carbocycles. The number of aromatic nitrogens is 2. The molecule has 0 radical (unpaired) electrons. The molecule has 118 valence electrons. The van der Waals surface area contributed by atoms with E-state index in [4.69, 9.17) is 0 Å². The second kappa shape index (κ2) is 6.73. The van der Waals surface area contributed by atoms with Gasteiger partial charge in [0.25, 0.3) is 0 Å². The first-order valence-corrected chi connectivity index (χ1v) is 8.19. The number of hydrogen-bond acceptors (Lipinski definition) is 4. The molecule has 1 aromatic heterocycles. The molecule has 0 unspecified atom stereocenters. The molecule has 1 aliphatic carbocycles. The Hall–Kier alpha value is -1.16. The van der Waals surface area contributed by atoms with Gasteiger partial charge in [0.2, 0.25) is 0 Å². The molecular formula is C17H30N4. The van der Waals surface area contributed by atoms with Crippen LogP contribution in [0.5, 0.6) is 0 Å². The maximum atomic E-state index is 4.39. The predicted molar refractivity (Wildman–Crippen MR) is 88.7 cm³/mol. The number of anilines is 1. The van der Waals surface area contributed by atoms with Crippen LogP contribution >= 0.6 is 0 Å². The molecule has 0 aliphatic heterocycles. The van der Waals surface area contributed by atoms with Crippen LogP contribution in [-0.2, 0) is 5.41 Å². The van der Waals surface area contributed by atoms with Crippen LogP contribution in [0.4, 0.5) is 5.82 Å². The first-order valence-electron chi connectivity index (χ1n) is 8.19. The predicted octanol–water partition coefficient (Wildman–Crippen LogP) is 3.45. The van der Waals surface area contributed by atoms with Crippen molar-refractivity contribution in [2.24, 2.45) is 0 Å². The summed E-state index contributed by atoms with van der Waals surface area (Å²) in [6.07, 6.45) is 6.69. The molecule has 1 aliphatic rings. The van der Waals surface area contributed by atoms with Crippen molar-refractivity contribution in [3.05, 3.63) is 18.1 Å². The molecule has 0 spiro atoms. The molecule has 1 aromatic rings. The zero-order valence-corrected chi connectivity index (χ0v) is 14.2. The van der Waals surface area contributed by atoms with Gasteiger partial charge in [0.05, 0.1) is 5.69 Å². The van der Waals surface area contributed by atoms with Crippen LogP contribution in [0.15, 0.2) is 12.4 Å². The van der Waals surface area contributed by atoms with Crippen molar-refractivity contribution in [3.8, 4) is 0 Å². The zero-order valence-electron chi connectivity index (χ0n) is 14.2. The summed E-state index contributed by atoms with van der Waals surface area (Å²) >= 11 is 0. The van der Waals surface area contributed by atoms with Crippen LogP contribution in [0.3, 0.4) is 0 Å². The van der Waals surface area contributed by atoms with E-state index in [1.807, 2.05) is 0 Å². The monoisotopic (exact) mass is 290 g/mol. The fraction of sp³-hybridized carbons (Fsp3) is 0.765. The van der Waals surface area contributed by atoms with Crippen LogP contribution in [0.1, 0.15) is 59.1 Å². The molecule has 4 nitrogen and oxygen atoms in total. The highest BCUT2D eigenvalue weighted by Gasteiger charge is 2.24. The zero-order chi connectivity index (χ0) is 15.5. The first kappa shape index (κ1) is 16.2. The molecule has 21 heavy (non-hydrogen) atoms. The van der Waals surface area contributed by atoms with Crippen molar-refractivity contribution in [1.29, 1.82) is 0 Å². The van der Waals surface area contributed by atoms with E-state index in [2.05, 4.69) is 61.0 Å². The van der Waals surface area contributed by atoms with E-state index in [9.17, 15) is 0 Å². The van der Waals surface area contributed by atoms with E-state index in [0.717, 1.165) is 24.1 Å². The molecular weight excluding hydrogens is 260 g/mol. The summed E-state index contributed by atoms with van der Waals surface area (Å²) in [4.78, 5) is 11.2. The van der Waals surface area contributed by atoms with E-state index in [1.54, 1.807) is 6.33 Å².